The molecule has 0 amide bonds. The Morgan fingerprint density at radius 3 is 2.24 bits per heavy atom. The zero-order valence-electron chi connectivity index (χ0n) is 12.2. The molecule has 21 heavy (non-hydrogen) atoms. The van der Waals surface area contributed by atoms with E-state index in [2.05, 4.69) is 5.32 Å². The molecule has 0 saturated carbocycles. The summed E-state index contributed by atoms with van der Waals surface area (Å²) in [5.41, 5.74) is 2.23. The van der Waals surface area contributed by atoms with Crippen LogP contribution in [0.25, 0.3) is 0 Å². The van der Waals surface area contributed by atoms with Gasteiger partial charge < -0.3 is 5.32 Å². The first-order chi connectivity index (χ1) is 9.77. The Balaban J connectivity index is 2.16. The van der Waals surface area contributed by atoms with E-state index in [1.54, 1.807) is 37.3 Å². The third-order valence-electron chi connectivity index (χ3n) is 3.36. The van der Waals surface area contributed by atoms with Crippen molar-refractivity contribution < 1.29 is 12.8 Å². The van der Waals surface area contributed by atoms with Crippen LogP contribution in [-0.4, -0.2) is 14.7 Å². The van der Waals surface area contributed by atoms with Gasteiger partial charge in [-0.05, 0) is 49.2 Å². The average Bonchev–Trinajstić information content (AvgIpc) is 2.42. The molecule has 0 aliphatic rings. The molecule has 0 fully saturated rings. The van der Waals surface area contributed by atoms with Crippen molar-refractivity contribution in [1.29, 1.82) is 0 Å². The molecular weight excluding hydrogens is 289 g/mol. The van der Waals surface area contributed by atoms with Crippen LogP contribution >= 0.6 is 0 Å². The second-order valence-electron chi connectivity index (χ2n) is 5.17. The van der Waals surface area contributed by atoms with Gasteiger partial charge in [0.05, 0.1) is 4.90 Å². The van der Waals surface area contributed by atoms with Crippen LogP contribution < -0.4 is 5.32 Å². The quantitative estimate of drug-likeness (QED) is 0.936. The Hall–Kier alpha value is -1.88. The molecule has 0 radical (unpaired) electrons. The first kappa shape index (κ1) is 15.5. The Morgan fingerprint density at radius 2 is 1.71 bits per heavy atom. The maximum Gasteiger partial charge on any atom is 0.175 e. The van der Waals surface area contributed by atoms with E-state index in [9.17, 15) is 12.8 Å². The van der Waals surface area contributed by atoms with E-state index < -0.39 is 9.84 Å². The molecule has 5 heteroatoms. The predicted molar refractivity (Wildman–Crippen MR) is 82.7 cm³/mol. The van der Waals surface area contributed by atoms with Gasteiger partial charge in [-0.3, -0.25) is 0 Å². The van der Waals surface area contributed by atoms with Crippen molar-refractivity contribution in [3.63, 3.8) is 0 Å². The molecule has 1 atom stereocenters. The molecule has 112 valence electrons. The molecule has 0 heterocycles. The second kappa shape index (κ2) is 5.85. The fourth-order valence-corrected chi connectivity index (χ4v) is 2.65. The van der Waals surface area contributed by atoms with Crippen LogP contribution in [0.1, 0.15) is 24.1 Å². The summed E-state index contributed by atoms with van der Waals surface area (Å²) in [6.07, 6.45) is 1.18. The van der Waals surface area contributed by atoms with Crippen LogP contribution in [0.4, 0.5) is 10.1 Å². The van der Waals surface area contributed by atoms with Crippen LogP contribution in [0.15, 0.2) is 47.4 Å². The number of nitrogens with one attached hydrogen (secondary N) is 1. The Morgan fingerprint density at radius 1 is 1.10 bits per heavy atom. The van der Waals surface area contributed by atoms with Crippen LogP contribution in [-0.2, 0) is 9.84 Å². The van der Waals surface area contributed by atoms with E-state index in [0.717, 1.165) is 5.56 Å². The van der Waals surface area contributed by atoms with Crippen molar-refractivity contribution in [2.45, 2.75) is 24.8 Å². The van der Waals surface area contributed by atoms with Crippen LogP contribution in [0.2, 0.25) is 0 Å². The molecule has 0 saturated heterocycles. The van der Waals surface area contributed by atoms with Crippen LogP contribution in [0, 0.1) is 12.7 Å². The molecule has 2 rings (SSSR count). The van der Waals surface area contributed by atoms with E-state index >= 15 is 0 Å². The summed E-state index contributed by atoms with van der Waals surface area (Å²) in [7, 11) is -3.18. The molecule has 1 unspecified atom stereocenters. The van der Waals surface area contributed by atoms with Crippen molar-refractivity contribution in [3.05, 3.63) is 59.4 Å². The lowest BCUT2D eigenvalue weighted by atomic mass is 10.1. The zero-order valence-corrected chi connectivity index (χ0v) is 13.0. The van der Waals surface area contributed by atoms with Gasteiger partial charge in [-0.2, -0.15) is 0 Å². The summed E-state index contributed by atoms with van der Waals surface area (Å²) in [4.78, 5) is 0.292. The number of sulfone groups is 1. The van der Waals surface area contributed by atoms with Gasteiger partial charge in [0.25, 0.3) is 0 Å². The van der Waals surface area contributed by atoms with Gasteiger partial charge in [0.1, 0.15) is 5.82 Å². The van der Waals surface area contributed by atoms with E-state index in [0.29, 0.717) is 16.1 Å². The van der Waals surface area contributed by atoms with Gasteiger partial charge in [-0.25, -0.2) is 12.8 Å². The normalized spacial score (nSPS) is 13.0. The molecule has 1 N–H and O–H groups in total. The molecule has 0 spiro atoms. The SMILES string of the molecule is Cc1ccc(NC(C)c2ccc(S(C)(=O)=O)cc2)cc1F. The summed E-state index contributed by atoms with van der Waals surface area (Å²) in [6, 6.07) is 11.6. The Kier molecular flexibility index (Phi) is 4.32. The van der Waals surface area contributed by atoms with Gasteiger partial charge >= 0.3 is 0 Å². The largest absolute Gasteiger partial charge is 0.378 e. The summed E-state index contributed by atoms with van der Waals surface area (Å²) in [5.74, 6) is -0.250. The smallest absolute Gasteiger partial charge is 0.175 e. The third kappa shape index (κ3) is 3.82. The van der Waals surface area contributed by atoms with Crippen molar-refractivity contribution in [3.8, 4) is 0 Å². The van der Waals surface area contributed by atoms with Crippen molar-refractivity contribution in [1.82, 2.24) is 0 Å². The Bertz CT molecular complexity index is 739. The lowest BCUT2D eigenvalue weighted by Crippen LogP contribution is -2.07. The fourth-order valence-electron chi connectivity index (χ4n) is 2.02. The van der Waals surface area contributed by atoms with Gasteiger partial charge in [0.2, 0.25) is 0 Å². The zero-order chi connectivity index (χ0) is 15.6. The standard InChI is InChI=1S/C16H18FNO2S/c1-11-4-7-14(10-16(11)17)18-12(2)13-5-8-15(9-6-13)21(3,19)20/h4-10,12,18H,1-3H3. The van der Waals surface area contributed by atoms with Crippen molar-refractivity contribution in [2.75, 3.05) is 11.6 Å². The third-order valence-corrected chi connectivity index (χ3v) is 4.49. The molecule has 0 aliphatic heterocycles. The molecule has 0 aliphatic carbocycles. The van der Waals surface area contributed by atoms with E-state index in [-0.39, 0.29) is 11.9 Å². The molecule has 0 bridgehead atoms. The number of rotatable bonds is 4. The van der Waals surface area contributed by atoms with Crippen LogP contribution in [0.3, 0.4) is 0 Å². The topological polar surface area (TPSA) is 46.2 Å². The van der Waals surface area contributed by atoms with Crippen molar-refractivity contribution >= 4 is 15.5 Å². The summed E-state index contributed by atoms with van der Waals surface area (Å²) in [6.45, 7) is 3.65. The fraction of sp³-hybridized carbons (Fsp3) is 0.250. The monoisotopic (exact) mass is 307 g/mol. The Labute approximate surface area is 124 Å². The lowest BCUT2D eigenvalue weighted by Gasteiger charge is -2.16. The highest BCUT2D eigenvalue weighted by atomic mass is 32.2. The minimum Gasteiger partial charge on any atom is -0.378 e. The number of hydrogen-bond donors (Lipinski definition) is 1. The first-order valence-corrected chi connectivity index (χ1v) is 8.49. The van der Waals surface area contributed by atoms with E-state index in [4.69, 9.17) is 0 Å². The second-order valence-corrected chi connectivity index (χ2v) is 7.19. The van der Waals surface area contributed by atoms with E-state index in [1.807, 2.05) is 13.0 Å². The minimum absolute atomic E-state index is 0.0549. The van der Waals surface area contributed by atoms with Gasteiger partial charge in [0, 0.05) is 18.0 Å². The highest BCUT2D eigenvalue weighted by Gasteiger charge is 2.10. The molecular formula is C16H18FNO2S. The maximum atomic E-state index is 13.5. The molecule has 2 aromatic rings. The number of halogens is 1. The number of aryl methyl sites for hydroxylation is 1. The number of benzene rings is 2. The maximum absolute atomic E-state index is 13.5. The van der Waals surface area contributed by atoms with Gasteiger partial charge in [0.15, 0.2) is 9.84 Å². The lowest BCUT2D eigenvalue weighted by molar-refractivity contribution is 0.601. The van der Waals surface area contributed by atoms with E-state index in [1.165, 1.54) is 12.3 Å². The summed E-state index contributed by atoms with van der Waals surface area (Å²) >= 11 is 0. The minimum atomic E-state index is -3.18. The molecule has 2 aromatic carbocycles. The summed E-state index contributed by atoms with van der Waals surface area (Å²) in [5, 5.41) is 3.19. The number of hydrogen-bond acceptors (Lipinski definition) is 3. The highest BCUT2D eigenvalue weighted by molar-refractivity contribution is 7.90. The predicted octanol–water partition coefficient (Wildman–Crippen LogP) is 3.71. The first-order valence-electron chi connectivity index (χ1n) is 6.60. The molecule has 3 nitrogen and oxygen atoms in total. The van der Waals surface area contributed by atoms with Crippen LogP contribution in [0.5, 0.6) is 0 Å². The molecule has 0 aromatic heterocycles. The average molecular weight is 307 g/mol. The summed E-state index contributed by atoms with van der Waals surface area (Å²) < 4.78 is 36.3. The highest BCUT2D eigenvalue weighted by Crippen LogP contribution is 2.22. The van der Waals surface area contributed by atoms with Gasteiger partial charge in [-0.1, -0.05) is 18.2 Å². The number of anilines is 1. The van der Waals surface area contributed by atoms with Crippen molar-refractivity contribution in [2.24, 2.45) is 0 Å². The van der Waals surface area contributed by atoms with Gasteiger partial charge in [-0.15, -0.1) is 0 Å².